The summed E-state index contributed by atoms with van der Waals surface area (Å²) in [7, 11) is -1.99. The summed E-state index contributed by atoms with van der Waals surface area (Å²) in [6.07, 6.45) is 2.29. The second kappa shape index (κ2) is 7.85. The molecule has 0 radical (unpaired) electrons. The largest absolute Gasteiger partial charge is 0.496 e. The summed E-state index contributed by atoms with van der Waals surface area (Å²) in [6, 6.07) is 7.92. The Morgan fingerprint density at radius 3 is 2.61 bits per heavy atom. The first-order chi connectivity index (χ1) is 13.2. The van der Waals surface area contributed by atoms with Gasteiger partial charge in [0.2, 0.25) is 5.95 Å². The van der Waals surface area contributed by atoms with E-state index in [1.807, 2.05) is 0 Å². The van der Waals surface area contributed by atoms with Gasteiger partial charge in [-0.3, -0.25) is 0 Å². The number of aromatic nitrogens is 3. The lowest BCUT2D eigenvalue weighted by Crippen LogP contribution is -2.05. The molecule has 2 aromatic carbocycles. The van der Waals surface area contributed by atoms with E-state index in [1.165, 1.54) is 43.8 Å². The molecule has 0 bridgehead atoms. The summed E-state index contributed by atoms with van der Waals surface area (Å²) >= 11 is 0. The minimum Gasteiger partial charge on any atom is -0.496 e. The number of methoxy groups -OCH3 is 1. The third-order valence-corrected chi connectivity index (χ3v) is 4.53. The quantitative estimate of drug-likeness (QED) is 0.672. The second-order valence-electron chi connectivity index (χ2n) is 5.98. The number of hydrogen-bond acceptors (Lipinski definition) is 7. The zero-order chi connectivity index (χ0) is 20.3. The Bertz CT molecular complexity index is 1120. The molecule has 0 aliphatic carbocycles. The SMILES string of the molecule is COc1cc(F)ccc1-c1ncnc(Nc2ccc(F)c(CS(C)(=O)=O)c2)n1. The Morgan fingerprint density at radius 2 is 1.89 bits per heavy atom. The molecule has 1 heterocycles. The summed E-state index contributed by atoms with van der Waals surface area (Å²) in [5.74, 6) is -0.861. The van der Waals surface area contributed by atoms with Gasteiger partial charge in [-0.2, -0.15) is 4.98 Å². The fourth-order valence-electron chi connectivity index (χ4n) is 2.51. The molecule has 0 spiro atoms. The summed E-state index contributed by atoms with van der Waals surface area (Å²) in [6.45, 7) is 0. The molecule has 0 saturated carbocycles. The molecule has 0 atom stereocenters. The van der Waals surface area contributed by atoms with E-state index in [4.69, 9.17) is 4.74 Å². The minimum absolute atomic E-state index is 0.0296. The predicted octanol–water partition coefficient (Wildman–Crippen LogP) is 3.11. The van der Waals surface area contributed by atoms with Crippen molar-refractivity contribution in [3.63, 3.8) is 0 Å². The van der Waals surface area contributed by atoms with Crippen LogP contribution in [0.4, 0.5) is 20.4 Å². The lowest BCUT2D eigenvalue weighted by Gasteiger charge is -2.10. The maximum absolute atomic E-state index is 13.9. The van der Waals surface area contributed by atoms with Crippen LogP contribution in [0.15, 0.2) is 42.7 Å². The molecule has 1 aromatic heterocycles. The normalized spacial score (nSPS) is 11.3. The molecule has 0 unspecified atom stereocenters. The van der Waals surface area contributed by atoms with E-state index in [1.54, 1.807) is 0 Å². The molecular formula is C18H16F2N4O3S. The topological polar surface area (TPSA) is 94.1 Å². The zero-order valence-electron chi connectivity index (χ0n) is 15.0. The van der Waals surface area contributed by atoms with Crippen molar-refractivity contribution in [2.45, 2.75) is 5.75 Å². The van der Waals surface area contributed by atoms with Gasteiger partial charge in [0.15, 0.2) is 15.7 Å². The fraction of sp³-hybridized carbons (Fsp3) is 0.167. The van der Waals surface area contributed by atoms with Crippen molar-refractivity contribution in [1.29, 1.82) is 0 Å². The molecule has 10 heteroatoms. The summed E-state index contributed by atoms with van der Waals surface area (Å²) in [4.78, 5) is 12.3. The monoisotopic (exact) mass is 406 g/mol. The highest BCUT2D eigenvalue weighted by atomic mass is 32.2. The molecule has 28 heavy (non-hydrogen) atoms. The molecule has 0 aliphatic rings. The first-order valence-electron chi connectivity index (χ1n) is 8.01. The van der Waals surface area contributed by atoms with Gasteiger partial charge < -0.3 is 10.1 Å². The highest BCUT2D eigenvalue weighted by Gasteiger charge is 2.13. The highest BCUT2D eigenvalue weighted by Crippen LogP contribution is 2.28. The van der Waals surface area contributed by atoms with Crippen LogP contribution in [0.5, 0.6) is 5.75 Å². The van der Waals surface area contributed by atoms with E-state index in [2.05, 4.69) is 20.3 Å². The molecule has 146 valence electrons. The van der Waals surface area contributed by atoms with Gasteiger partial charge in [-0.05, 0) is 30.3 Å². The van der Waals surface area contributed by atoms with E-state index >= 15 is 0 Å². The number of hydrogen-bond donors (Lipinski definition) is 1. The number of ether oxygens (including phenoxy) is 1. The molecule has 7 nitrogen and oxygen atoms in total. The van der Waals surface area contributed by atoms with Gasteiger partial charge in [0, 0.05) is 23.6 Å². The van der Waals surface area contributed by atoms with E-state index in [9.17, 15) is 17.2 Å². The Hall–Kier alpha value is -3.14. The number of nitrogens with one attached hydrogen (secondary N) is 1. The first kappa shape index (κ1) is 19.6. The van der Waals surface area contributed by atoms with Gasteiger partial charge in [-0.15, -0.1) is 0 Å². The highest BCUT2D eigenvalue weighted by molar-refractivity contribution is 7.89. The van der Waals surface area contributed by atoms with E-state index in [0.717, 1.165) is 12.3 Å². The van der Waals surface area contributed by atoms with Crippen LogP contribution >= 0.6 is 0 Å². The van der Waals surface area contributed by atoms with Crippen LogP contribution in [-0.2, 0) is 15.6 Å². The number of sulfone groups is 1. The first-order valence-corrected chi connectivity index (χ1v) is 10.1. The smallest absolute Gasteiger partial charge is 0.230 e. The number of benzene rings is 2. The summed E-state index contributed by atoms with van der Waals surface area (Å²) in [5, 5.41) is 2.88. The Balaban J connectivity index is 1.91. The lowest BCUT2D eigenvalue weighted by molar-refractivity contribution is 0.412. The van der Waals surface area contributed by atoms with Gasteiger partial charge in [-0.1, -0.05) is 0 Å². The van der Waals surface area contributed by atoms with Gasteiger partial charge in [0.25, 0.3) is 0 Å². The Kier molecular flexibility index (Phi) is 5.50. The molecule has 0 aliphatic heterocycles. The number of rotatable bonds is 6. The van der Waals surface area contributed by atoms with Gasteiger partial charge in [0.1, 0.15) is 23.7 Å². The van der Waals surface area contributed by atoms with E-state index < -0.39 is 27.2 Å². The minimum atomic E-state index is -3.40. The molecule has 3 aromatic rings. The van der Waals surface area contributed by atoms with Crippen molar-refractivity contribution >= 4 is 21.5 Å². The van der Waals surface area contributed by atoms with Crippen LogP contribution in [0.25, 0.3) is 11.4 Å². The van der Waals surface area contributed by atoms with Crippen molar-refractivity contribution in [2.75, 3.05) is 18.7 Å². The van der Waals surface area contributed by atoms with E-state index in [-0.39, 0.29) is 23.1 Å². The van der Waals surface area contributed by atoms with Crippen LogP contribution in [0.1, 0.15) is 5.56 Å². The standard InChI is InChI=1S/C18H16F2N4O3S/c1-27-16-8-12(19)3-5-14(16)17-21-10-22-18(24-17)23-13-4-6-15(20)11(7-13)9-28(2,25)26/h3-8,10H,9H2,1-2H3,(H,21,22,23,24). The Morgan fingerprint density at radius 1 is 1.11 bits per heavy atom. The zero-order valence-corrected chi connectivity index (χ0v) is 15.8. The van der Waals surface area contributed by atoms with Crippen molar-refractivity contribution in [3.8, 4) is 17.1 Å². The van der Waals surface area contributed by atoms with E-state index in [0.29, 0.717) is 11.3 Å². The van der Waals surface area contributed by atoms with Crippen LogP contribution in [-0.4, -0.2) is 36.7 Å². The molecule has 3 rings (SSSR count). The molecule has 0 saturated heterocycles. The fourth-order valence-corrected chi connectivity index (χ4v) is 3.30. The van der Waals surface area contributed by atoms with Gasteiger partial charge in [0.05, 0.1) is 18.4 Å². The van der Waals surface area contributed by atoms with Gasteiger partial charge in [-0.25, -0.2) is 27.2 Å². The van der Waals surface area contributed by atoms with Crippen molar-refractivity contribution in [1.82, 2.24) is 15.0 Å². The van der Waals surface area contributed by atoms with Crippen molar-refractivity contribution < 1.29 is 21.9 Å². The lowest BCUT2D eigenvalue weighted by atomic mass is 10.2. The van der Waals surface area contributed by atoms with Crippen molar-refractivity contribution in [2.24, 2.45) is 0 Å². The third-order valence-electron chi connectivity index (χ3n) is 3.70. The Labute approximate surface area is 160 Å². The molecular weight excluding hydrogens is 390 g/mol. The summed E-state index contributed by atoms with van der Waals surface area (Å²) < 4.78 is 55.3. The third kappa shape index (κ3) is 4.77. The van der Waals surface area contributed by atoms with Crippen LogP contribution in [0.3, 0.4) is 0 Å². The maximum Gasteiger partial charge on any atom is 0.230 e. The number of anilines is 2. The molecule has 0 fully saturated rings. The van der Waals surface area contributed by atoms with Crippen LogP contribution in [0, 0.1) is 11.6 Å². The number of nitrogens with zero attached hydrogens (tertiary/aromatic N) is 3. The summed E-state index contributed by atoms with van der Waals surface area (Å²) in [5.41, 5.74) is 0.900. The van der Waals surface area contributed by atoms with Crippen LogP contribution < -0.4 is 10.1 Å². The molecule has 1 N–H and O–H groups in total. The van der Waals surface area contributed by atoms with Crippen LogP contribution in [0.2, 0.25) is 0 Å². The molecule has 0 amide bonds. The van der Waals surface area contributed by atoms with Crippen molar-refractivity contribution in [3.05, 3.63) is 59.9 Å². The van der Waals surface area contributed by atoms with Gasteiger partial charge >= 0.3 is 0 Å². The number of halogens is 2. The average Bonchev–Trinajstić information content (AvgIpc) is 2.63. The average molecular weight is 406 g/mol. The predicted molar refractivity (Wildman–Crippen MR) is 100 cm³/mol. The maximum atomic E-state index is 13.9. The second-order valence-corrected chi connectivity index (χ2v) is 8.12.